The van der Waals surface area contributed by atoms with Gasteiger partial charge in [0.15, 0.2) is 0 Å². The van der Waals surface area contributed by atoms with Crippen LogP contribution in [-0.2, 0) is 4.79 Å². The highest BCUT2D eigenvalue weighted by molar-refractivity contribution is 9.10. The number of nitrogens with zero attached hydrogens (tertiary/aromatic N) is 1. The van der Waals surface area contributed by atoms with Crippen LogP contribution in [0.25, 0.3) is 0 Å². The summed E-state index contributed by atoms with van der Waals surface area (Å²) >= 11 is 3.33. The van der Waals surface area contributed by atoms with Crippen LogP contribution in [0.1, 0.15) is 20.8 Å². The van der Waals surface area contributed by atoms with Crippen molar-refractivity contribution in [2.75, 3.05) is 11.9 Å². The van der Waals surface area contributed by atoms with Crippen LogP contribution in [0.5, 0.6) is 0 Å². The van der Waals surface area contributed by atoms with Crippen LogP contribution < -0.4 is 10.6 Å². The SMILES string of the molecule is CC(C)C(C)NC(=O)CNc1cncc(Br)c1. The van der Waals surface area contributed by atoms with E-state index < -0.39 is 0 Å². The lowest BCUT2D eigenvalue weighted by atomic mass is 10.1. The molecule has 5 heteroatoms. The highest BCUT2D eigenvalue weighted by atomic mass is 79.9. The molecule has 94 valence electrons. The molecule has 0 aliphatic carbocycles. The molecule has 0 saturated carbocycles. The van der Waals surface area contributed by atoms with Gasteiger partial charge in [0.2, 0.25) is 5.91 Å². The van der Waals surface area contributed by atoms with E-state index in [-0.39, 0.29) is 18.5 Å². The van der Waals surface area contributed by atoms with E-state index in [1.54, 1.807) is 12.4 Å². The lowest BCUT2D eigenvalue weighted by Gasteiger charge is -2.17. The van der Waals surface area contributed by atoms with Crippen LogP contribution in [0.3, 0.4) is 0 Å². The van der Waals surface area contributed by atoms with Crippen LogP contribution in [0, 0.1) is 5.92 Å². The number of hydrogen-bond acceptors (Lipinski definition) is 3. The Morgan fingerprint density at radius 1 is 1.41 bits per heavy atom. The van der Waals surface area contributed by atoms with Crippen LogP contribution in [0.2, 0.25) is 0 Å². The molecule has 0 radical (unpaired) electrons. The molecule has 1 heterocycles. The maximum Gasteiger partial charge on any atom is 0.239 e. The van der Waals surface area contributed by atoms with Crippen molar-refractivity contribution >= 4 is 27.5 Å². The van der Waals surface area contributed by atoms with Crippen molar-refractivity contribution in [2.45, 2.75) is 26.8 Å². The maximum atomic E-state index is 11.6. The van der Waals surface area contributed by atoms with Gasteiger partial charge in [0, 0.05) is 16.7 Å². The van der Waals surface area contributed by atoms with Gasteiger partial charge in [-0.05, 0) is 34.8 Å². The van der Waals surface area contributed by atoms with Crippen molar-refractivity contribution in [3.63, 3.8) is 0 Å². The van der Waals surface area contributed by atoms with Crippen LogP contribution in [-0.4, -0.2) is 23.5 Å². The van der Waals surface area contributed by atoms with Crippen LogP contribution in [0.4, 0.5) is 5.69 Å². The Kier molecular flexibility index (Phi) is 5.41. The van der Waals surface area contributed by atoms with Gasteiger partial charge in [0.25, 0.3) is 0 Å². The highest BCUT2D eigenvalue weighted by Crippen LogP contribution is 2.13. The summed E-state index contributed by atoms with van der Waals surface area (Å²) in [6.07, 6.45) is 3.38. The normalized spacial score (nSPS) is 12.3. The fourth-order valence-corrected chi connectivity index (χ4v) is 1.53. The van der Waals surface area contributed by atoms with Crippen LogP contribution >= 0.6 is 15.9 Å². The predicted octanol–water partition coefficient (Wildman–Crippen LogP) is 2.42. The molecule has 1 aromatic rings. The van der Waals surface area contributed by atoms with E-state index in [1.165, 1.54) is 0 Å². The van der Waals surface area contributed by atoms with Gasteiger partial charge < -0.3 is 10.6 Å². The zero-order chi connectivity index (χ0) is 12.8. The number of carbonyl (C=O) groups is 1. The van der Waals surface area contributed by atoms with Crippen LogP contribution in [0.15, 0.2) is 22.9 Å². The van der Waals surface area contributed by atoms with Gasteiger partial charge in [-0.1, -0.05) is 13.8 Å². The minimum Gasteiger partial charge on any atom is -0.375 e. The van der Waals surface area contributed by atoms with Gasteiger partial charge in [0.1, 0.15) is 0 Å². The van der Waals surface area contributed by atoms with E-state index in [9.17, 15) is 4.79 Å². The monoisotopic (exact) mass is 299 g/mol. The molecule has 1 unspecified atom stereocenters. The Hall–Kier alpha value is -1.10. The molecule has 0 aliphatic rings. The van der Waals surface area contributed by atoms with Gasteiger partial charge in [0.05, 0.1) is 18.4 Å². The number of halogens is 1. The van der Waals surface area contributed by atoms with Crippen molar-refractivity contribution in [1.82, 2.24) is 10.3 Å². The standard InChI is InChI=1S/C12H18BrN3O/c1-8(2)9(3)16-12(17)7-15-11-4-10(13)5-14-6-11/h4-6,8-9,15H,7H2,1-3H3,(H,16,17). The summed E-state index contributed by atoms with van der Waals surface area (Å²) in [5.41, 5.74) is 0.826. The van der Waals surface area contributed by atoms with Gasteiger partial charge in [-0.25, -0.2) is 0 Å². The third-order valence-electron chi connectivity index (χ3n) is 2.55. The molecule has 1 aromatic heterocycles. The smallest absolute Gasteiger partial charge is 0.239 e. The van der Waals surface area contributed by atoms with E-state index in [2.05, 4.69) is 45.4 Å². The second-order valence-corrected chi connectivity index (χ2v) is 5.26. The number of hydrogen-bond donors (Lipinski definition) is 2. The first-order valence-electron chi connectivity index (χ1n) is 5.63. The van der Waals surface area contributed by atoms with Gasteiger partial charge >= 0.3 is 0 Å². The third-order valence-corrected chi connectivity index (χ3v) is 2.98. The van der Waals surface area contributed by atoms with Crippen molar-refractivity contribution < 1.29 is 4.79 Å². The number of aromatic nitrogens is 1. The summed E-state index contributed by atoms with van der Waals surface area (Å²) in [6, 6.07) is 2.07. The van der Waals surface area contributed by atoms with Crippen molar-refractivity contribution in [1.29, 1.82) is 0 Å². The summed E-state index contributed by atoms with van der Waals surface area (Å²) in [4.78, 5) is 15.6. The van der Waals surface area contributed by atoms with E-state index >= 15 is 0 Å². The molecule has 17 heavy (non-hydrogen) atoms. The Bertz CT molecular complexity index is 382. The molecule has 0 fully saturated rings. The maximum absolute atomic E-state index is 11.6. The third kappa shape index (κ3) is 5.17. The van der Waals surface area contributed by atoms with Gasteiger partial charge in [-0.2, -0.15) is 0 Å². The summed E-state index contributed by atoms with van der Waals surface area (Å²) < 4.78 is 0.887. The highest BCUT2D eigenvalue weighted by Gasteiger charge is 2.10. The zero-order valence-electron chi connectivity index (χ0n) is 10.3. The molecule has 1 amide bonds. The Morgan fingerprint density at radius 3 is 2.71 bits per heavy atom. The lowest BCUT2D eigenvalue weighted by molar-refractivity contribution is -0.120. The molecular formula is C12H18BrN3O. The number of pyridine rings is 1. The summed E-state index contributed by atoms with van der Waals surface area (Å²) in [6.45, 7) is 6.42. The summed E-state index contributed by atoms with van der Waals surface area (Å²) in [7, 11) is 0. The zero-order valence-corrected chi connectivity index (χ0v) is 11.9. The number of nitrogens with one attached hydrogen (secondary N) is 2. The Labute approximate surface area is 110 Å². The van der Waals surface area contributed by atoms with Crippen molar-refractivity contribution in [3.05, 3.63) is 22.9 Å². The average Bonchev–Trinajstić information content (AvgIpc) is 2.26. The molecule has 0 aromatic carbocycles. The first kappa shape index (κ1) is 14.0. The molecule has 0 aliphatic heterocycles. The molecule has 4 nitrogen and oxygen atoms in total. The molecule has 0 bridgehead atoms. The number of carbonyl (C=O) groups excluding carboxylic acids is 1. The molecule has 2 N–H and O–H groups in total. The minimum atomic E-state index is -0.00817. The fraction of sp³-hybridized carbons (Fsp3) is 0.500. The molecule has 1 rings (SSSR count). The molecule has 0 saturated heterocycles. The van der Waals surface area contributed by atoms with E-state index in [0.717, 1.165) is 10.2 Å². The van der Waals surface area contributed by atoms with Gasteiger partial charge in [-0.3, -0.25) is 9.78 Å². The van der Waals surface area contributed by atoms with E-state index in [4.69, 9.17) is 0 Å². The topological polar surface area (TPSA) is 54.0 Å². The minimum absolute atomic E-state index is 0.00817. The average molecular weight is 300 g/mol. The predicted molar refractivity (Wildman–Crippen MR) is 72.9 cm³/mol. The quantitative estimate of drug-likeness (QED) is 0.878. The second kappa shape index (κ2) is 6.59. The molecular weight excluding hydrogens is 282 g/mol. The largest absolute Gasteiger partial charge is 0.375 e. The lowest BCUT2D eigenvalue weighted by Crippen LogP contribution is -2.39. The van der Waals surface area contributed by atoms with E-state index in [0.29, 0.717) is 5.92 Å². The molecule has 1 atom stereocenters. The fourth-order valence-electron chi connectivity index (χ4n) is 1.16. The Balaban J connectivity index is 2.38. The summed E-state index contributed by atoms with van der Waals surface area (Å²) in [5, 5.41) is 5.96. The van der Waals surface area contributed by atoms with Crippen molar-refractivity contribution in [2.24, 2.45) is 5.92 Å². The number of rotatable bonds is 5. The van der Waals surface area contributed by atoms with Gasteiger partial charge in [-0.15, -0.1) is 0 Å². The number of amides is 1. The Morgan fingerprint density at radius 2 is 2.12 bits per heavy atom. The first-order chi connectivity index (χ1) is 7.99. The second-order valence-electron chi connectivity index (χ2n) is 4.35. The van der Waals surface area contributed by atoms with Crippen molar-refractivity contribution in [3.8, 4) is 0 Å². The molecule has 0 spiro atoms. The van der Waals surface area contributed by atoms with E-state index in [1.807, 2.05) is 13.0 Å². The number of anilines is 1. The first-order valence-corrected chi connectivity index (χ1v) is 6.42. The summed E-state index contributed by atoms with van der Waals surface area (Å²) in [5.74, 6) is 0.428.